The van der Waals surface area contributed by atoms with Gasteiger partial charge in [0.25, 0.3) is 0 Å². The van der Waals surface area contributed by atoms with Gasteiger partial charge in [-0.1, -0.05) is 13.8 Å². The molecule has 0 amide bonds. The molecule has 0 fully saturated rings. The predicted molar refractivity (Wildman–Crippen MR) is 87.1 cm³/mol. The summed E-state index contributed by atoms with van der Waals surface area (Å²) >= 11 is 0. The Balaban J connectivity index is 2.33. The maximum Gasteiger partial charge on any atom is 0.241 e. The van der Waals surface area contributed by atoms with Crippen molar-refractivity contribution in [3.8, 4) is 5.75 Å². The summed E-state index contributed by atoms with van der Waals surface area (Å²) in [4.78, 5) is 4.24. The molecule has 0 unspecified atom stereocenters. The topological polar surface area (TPSA) is 81.4 Å². The van der Waals surface area contributed by atoms with E-state index >= 15 is 0 Å². The molecule has 6 nitrogen and oxygen atoms in total. The minimum atomic E-state index is -3.67. The molecule has 0 aliphatic carbocycles. The Morgan fingerprint density at radius 2 is 2.00 bits per heavy atom. The molecular weight excluding hydrogens is 316 g/mol. The van der Waals surface area contributed by atoms with Crippen LogP contribution in [0.4, 0.5) is 0 Å². The summed E-state index contributed by atoms with van der Waals surface area (Å²) in [5.41, 5.74) is 1.48. The number of aryl methyl sites for hydroxylation is 2. The number of ether oxygens (including phenoxy) is 1. The number of nitrogens with zero attached hydrogens (tertiary/aromatic N) is 1. The minimum Gasteiger partial charge on any atom is -0.496 e. The van der Waals surface area contributed by atoms with E-state index in [4.69, 9.17) is 9.15 Å². The number of hydrogen-bond acceptors (Lipinski definition) is 5. The van der Waals surface area contributed by atoms with E-state index in [9.17, 15) is 8.42 Å². The highest BCUT2D eigenvalue weighted by Crippen LogP contribution is 2.31. The van der Waals surface area contributed by atoms with Crippen LogP contribution < -0.4 is 9.46 Å². The zero-order chi connectivity index (χ0) is 17.2. The van der Waals surface area contributed by atoms with E-state index in [0.717, 1.165) is 5.56 Å². The molecule has 7 heteroatoms. The van der Waals surface area contributed by atoms with Crippen molar-refractivity contribution in [1.29, 1.82) is 0 Å². The average Bonchev–Trinajstić information content (AvgIpc) is 2.90. The summed E-state index contributed by atoms with van der Waals surface area (Å²) in [5, 5.41) is 0. The first-order valence-corrected chi connectivity index (χ1v) is 8.82. The number of sulfonamides is 1. The van der Waals surface area contributed by atoms with Crippen LogP contribution in [0.3, 0.4) is 0 Å². The molecule has 0 saturated heterocycles. The highest BCUT2D eigenvalue weighted by Gasteiger charge is 2.21. The quantitative estimate of drug-likeness (QED) is 0.876. The van der Waals surface area contributed by atoms with E-state index in [1.165, 1.54) is 0 Å². The summed E-state index contributed by atoms with van der Waals surface area (Å²) in [6.07, 6.45) is 1.55. The van der Waals surface area contributed by atoms with Crippen LogP contribution in [0.2, 0.25) is 0 Å². The molecule has 23 heavy (non-hydrogen) atoms. The van der Waals surface area contributed by atoms with E-state index in [1.54, 1.807) is 39.3 Å². The van der Waals surface area contributed by atoms with Gasteiger partial charge in [-0.25, -0.2) is 18.1 Å². The number of rotatable bonds is 6. The summed E-state index contributed by atoms with van der Waals surface area (Å²) in [6, 6.07) is 3.42. The van der Waals surface area contributed by atoms with Gasteiger partial charge in [-0.3, -0.25) is 0 Å². The summed E-state index contributed by atoms with van der Waals surface area (Å²) in [7, 11) is -2.09. The molecule has 1 heterocycles. The fourth-order valence-electron chi connectivity index (χ4n) is 2.31. The molecule has 0 radical (unpaired) electrons. The fraction of sp³-hybridized carbons (Fsp3) is 0.438. The van der Waals surface area contributed by atoms with Gasteiger partial charge in [0.15, 0.2) is 0 Å². The van der Waals surface area contributed by atoms with Gasteiger partial charge in [-0.2, -0.15) is 0 Å². The molecule has 2 aromatic rings. The van der Waals surface area contributed by atoms with Gasteiger partial charge in [-0.05, 0) is 43.0 Å². The maximum absolute atomic E-state index is 12.6. The zero-order valence-electron chi connectivity index (χ0n) is 14.0. The van der Waals surface area contributed by atoms with Crippen molar-refractivity contribution in [3.63, 3.8) is 0 Å². The number of oxazole rings is 1. The molecule has 2 rings (SSSR count). The Hall–Kier alpha value is -1.86. The lowest BCUT2D eigenvalue weighted by Gasteiger charge is -2.16. The van der Waals surface area contributed by atoms with Crippen LogP contribution in [-0.4, -0.2) is 20.5 Å². The smallest absolute Gasteiger partial charge is 0.241 e. The van der Waals surface area contributed by atoms with Gasteiger partial charge >= 0.3 is 0 Å². The second-order valence-electron chi connectivity index (χ2n) is 5.70. The van der Waals surface area contributed by atoms with Crippen LogP contribution >= 0.6 is 0 Å². The third-order valence-corrected chi connectivity index (χ3v) is 5.06. The lowest BCUT2D eigenvalue weighted by Crippen LogP contribution is -2.24. The first-order chi connectivity index (χ1) is 10.7. The highest BCUT2D eigenvalue weighted by atomic mass is 32.2. The second-order valence-corrected chi connectivity index (χ2v) is 7.44. The van der Waals surface area contributed by atoms with Crippen LogP contribution in [0.1, 0.15) is 42.5 Å². The molecule has 0 aliphatic rings. The Morgan fingerprint density at radius 1 is 1.30 bits per heavy atom. The Bertz CT molecular complexity index is 794. The summed E-state index contributed by atoms with van der Waals surface area (Å²) in [5.74, 6) is 1.82. The van der Waals surface area contributed by atoms with Gasteiger partial charge < -0.3 is 9.15 Å². The first-order valence-electron chi connectivity index (χ1n) is 7.34. The normalized spacial score (nSPS) is 11.9. The van der Waals surface area contributed by atoms with Crippen molar-refractivity contribution < 1.29 is 17.6 Å². The van der Waals surface area contributed by atoms with Crippen LogP contribution in [0.5, 0.6) is 5.75 Å². The Labute approximate surface area is 136 Å². The summed E-state index contributed by atoms with van der Waals surface area (Å²) < 4.78 is 38.3. The Kier molecular flexibility index (Phi) is 5.11. The number of hydrogen-bond donors (Lipinski definition) is 1. The molecule has 0 spiro atoms. The fourth-order valence-corrected chi connectivity index (χ4v) is 3.55. The van der Waals surface area contributed by atoms with Crippen LogP contribution in [0.25, 0.3) is 0 Å². The van der Waals surface area contributed by atoms with Gasteiger partial charge in [0.05, 0.1) is 24.7 Å². The van der Waals surface area contributed by atoms with Crippen LogP contribution in [0, 0.1) is 13.8 Å². The molecule has 126 valence electrons. The zero-order valence-corrected chi connectivity index (χ0v) is 14.8. The minimum absolute atomic E-state index is 0.0126. The largest absolute Gasteiger partial charge is 0.496 e. The number of nitrogens with one attached hydrogen (secondary N) is 1. The molecule has 0 saturated carbocycles. The van der Waals surface area contributed by atoms with Crippen molar-refractivity contribution in [2.75, 3.05) is 7.11 Å². The molecule has 1 aromatic heterocycles. The summed E-state index contributed by atoms with van der Waals surface area (Å²) in [6.45, 7) is 7.50. The SMILES string of the molecule is COc1cc(C)c(S(=O)(=O)NCc2ncc(C)o2)cc1C(C)C. The number of methoxy groups -OCH3 is 1. The third-order valence-electron chi connectivity index (χ3n) is 3.52. The molecule has 0 atom stereocenters. The number of aromatic nitrogens is 1. The van der Waals surface area contributed by atoms with Crippen molar-refractivity contribution >= 4 is 10.0 Å². The lowest BCUT2D eigenvalue weighted by molar-refractivity contribution is 0.406. The average molecular weight is 338 g/mol. The Morgan fingerprint density at radius 3 is 2.52 bits per heavy atom. The van der Waals surface area contributed by atoms with Gasteiger partial charge in [0.2, 0.25) is 15.9 Å². The molecule has 0 bridgehead atoms. The van der Waals surface area contributed by atoms with E-state index in [0.29, 0.717) is 23.0 Å². The van der Waals surface area contributed by atoms with Crippen molar-refractivity contribution in [1.82, 2.24) is 9.71 Å². The highest BCUT2D eigenvalue weighted by molar-refractivity contribution is 7.89. The van der Waals surface area contributed by atoms with Crippen molar-refractivity contribution in [2.45, 2.75) is 45.1 Å². The van der Waals surface area contributed by atoms with Crippen LogP contribution in [0.15, 0.2) is 27.6 Å². The van der Waals surface area contributed by atoms with Gasteiger partial charge in [-0.15, -0.1) is 0 Å². The van der Waals surface area contributed by atoms with E-state index in [2.05, 4.69) is 9.71 Å². The second kappa shape index (κ2) is 6.72. The van der Waals surface area contributed by atoms with Crippen molar-refractivity contribution in [2.24, 2.45) is 0 Å². The van der Waals surface area contributed by atoms with Gasteiger partial charge in [0, 0.05) is 0 Å². The maximum atomic E-state index is 12.6. The first kappa shape index (κ1) is 17.5. The standard InChI is InChI=1S/C16H22N2O4S/c1-10(2)13-7-15(11(3)6-14(13)21-5)23(19,20)18-9-16-17-8-12(4)22-16/h6-8,10,18H,9H2,1-5H3. The lowest BCUT2D eigenvalue weighted by atomic mass is 10.0. The van der Waals surface area contributed by atoms with E-state index in [-0.39, 0.29) is 17.4 Å². The van der Waals surface area contributed by atoms with E-state index in [1.807, 2.05) is 13.8 Å². The van der Waals surface area contributed by atoms with Crippen molar-refractivity contribution in [3.05, 3.63) is 41.1 Å². The predicted octanol–water partition coefficient (Wildman–Crippen LogP) is 2.90. The van der Waals surface area contributed by atoms with E-state index < -0.39 is 10.0 Å². The van der Waals surface area contributed by atoms with Crippen LogP contribution in [-0.2, 0) is 16.6 Å². The number of benzene rings is 1. The molecule has 1 N–H and O–H groups in total. The monoisotopic (exact) mass is 338 g/mol. The molecule has 0 aliphatic heterocycles. The molecular formula is C16H22N2O4S. The third kappa shape index (κ3) is 3.92. The van der Waals surface area contributed by atoms with Gasteiger partial charge in [0.1, 0.15) is 11.5 Å². The molecule has 1 aromatic carbocycles.